The molecule has 0 atom stereocenters. The van der Waals surface area contributed by atoms with E-state index in [4.69, 9.17) is 4.42 Å². The summed E-state index contributed by atoms with van der Waals surface area (Å²) in [6, 6.07) is 8.83. The van der Waals surface area contributed by atoms with E-state index in [-0.39, 0.29) is 12.8 Å². The Morgan fingerprint density at radius 1 is 1.28 bits per heavy atom. The number of alkyl halides is 2. The molecular weight excluding hydrogens is 374 g/mol. The van der Waals surface area contributed by atoms with Gasteiger partial charge < -0.3 is 9.73 Å². The lowest BCUT2D eigenvalue weighted by Gasteiger charge is -2.21. The van der Waals surface area contributed by atoms with Crippen LogP contribution >= 0.6 is 0 Å². The molecule has 1 aliphatic rings. The zero-order chi connectivity index (χ0) is 20.4. The van der Waals surface area contributed by atoms with Crippen LogP contribution in [0.3, 0.4) is 0 Å². The normalized spacial score (nSPS) is 14.4. The van der Waals surface area contributed by atoms with Crippen LogP contribution in [-0.2, 0) is 12.8 Å². The summed E-state index contributed by atoms with van der Waals surface area (Å²) in [4.78, 5) is 16.7. The fraction of sp³-hybridized carbons (Fsp3) is 0.217. The van der Waals surface area contributed by atoms with Crippen molar-refractivity contribution in [1.82, 2.24) is 4.98 Å². The Bertz CT molecular complexity index is 1120. The number of fused-ring (bicyclic) bond motifs is 1. The summed E-state index contributed by atoms with van der Waals surface area (Å²) in [5, 5.41) is 2.70. The topological polar surface area (TPSA) is 55.1 Å². The predicted octanol–water partition coefficient (Wildman–Crippen LogP) is 4.76. The van der Waals surface area contributed by atoms with Crippen LogP contribution in [0.1, 0.15) is 44.8 Å². The molecule has 1 amide bonds. The maximum atomic E-state index is 13.7. The van der Waals surface area contributed by atoms with E-state index < -0.39 is 18.3 Å². The maximum absolute atomic E-state index is 13.7. The molecule has 146 valence electrons. The number of anilines is 1. The van der Waals surface area contributed by atoms with E-state index >= 15 is 0 Å². The van der Waals surface area contributed by atoms with Crippen LogP contribution in [0.25, 0.3) is 0 Å². The van der Waals surface area contributed by atoms with Gasteiger partial charge in [-0.2, -0.15) is 0 Å². The number of hydrogen-bond acceptors (Lipinski definition) is 3. The van der Waals surface area contributed by atoms with Gasteiger partial charge in [0.25, 0.3) is 11.8 Å². The first-order valence-corrected chi connectivity index (χ1v) is 9.22. The highest BCUT2D eigenvalue weighted by molar-refractivity contribution is 6.05. The van der Waals surface area contributed by atoms with Gasteiger partial charge in [-0.05, 0) is 36.8 Å². The van der Waals surface area contributed by atoms with Crippen molar-refractivity contribution in [3.05, 3.63) is 82.6 Å². The molecule has 2 aromatic heterocycles. The van der Waals surface area contributed by atoms with E-state index in [0.29, 0.717) is 28.1 Å². The molecule has 2 heterocycles. The highest BCUT2D eigenvalue weighted by atomic mass is 19.3. The number of benzene rings is 1. The molecule has 0 radical (unpaired) electrons. The van der Waals surface area contributed by atoms with E-state index in [1.165, 1.54) is 6.26 Å². The van der Waals surface area contributed by atoms with Gasteiger partial charge >= 0.3 is 0 Å². The van der Waals surface area contributed by atoms with Gasteiger partial charge in [0.1, 0.15) is 12.0 Å². The average Bonchev–Trinajstić information content (AvgIpc) is 3.08. The zero-order valence-electron chi connectivity index (χ0n) is 15.8. The number of halogens is 2. The summed E-state index contributed by atoms with van der Waals surface area (Å²) in [5.41, 5.74) is 3.48. The van der Waals surface area contributed by atoms with E-state index in [9.17, 15) is 13.6 Å². The number of amides is 1. The first kappa shape index (κ1) is 18.9. The molecule has 4 rings (SSSR count). The number of hydrogen-bond donors (Lipinski definition) is 1. The highest BCUT2D eigenvalue weighted by Crippen LogP contribution is 2.37. The zero-order valence-corrected chi connectivity index (χ0v) is 15.8. The van der Waals surface area contributed by atoms with Gasteiger partial charge in [0, 0.05) is 53.9 Å². The fourth-order valence-corrected chi connectivity index (χ4v) is 3.24. The molecule has 29 heavy (non-hydrogen) atoms. The van der Waals surface area contributed by atoms with Gasteiger partial charge in [0.2, 0.25) is 0 Å². The second kappa shape index (κ2) is 7.51. The van der Waals surface area contributed by atoms with E-state index in [2.05, 4.69) is 22.1 Å². The van der Waals surface area contributed by atoms with Crippen LogP contribution in [0.15, 0.2) is 53.4 Å². The van der Waals surface area contributed by atoms with Crippen molar-refractivity contribution < 1.29 is 18.0 Å². The standard InChI is InChI=1S/C23H18F2N2O2/c1-15-4-6-18(11-17(15)7-5-16-3-2-10-26-13-16)22(28)27-20-14-29-21-8-9-23(24,25)12-19(20)21/h2-4,6,10-11,13-14H,8-9,12H2,1H3,(H,27,28). The van der Waals surface area contributed by atoms with Crippen LogP contribution in [0, 0.1) is 18.8 Å². The summed E-state index contributed by atoms with van der Waals surface area (Å²) >= 11 is 0. The molecule has 0 saturated carbocycles. The van der Waals surface area contributed by atoms with Crippen molar-refractivity contribution in [3.8, 4) is 11.8 Å². The molecule has 1 aliphatic carbocycles. The molecule has 0 unspecified atom stereocenters. The van der Waals surface area contributed by atoms with Crippen molar-refractivity contribution in [2.75, 3.05) is 5.32 Å². The first-order chi connectivity index (χ1) is 13.9. The number of furan rings is 1. The fourth-order valence-electron chi connectivity index (χ4n) is 3.24. The largest absolute Gasteiger partial charge is 0.467 e. The lowest BCUT2D eigenvalue weighted by Crippen LogP contribution is -2.26. The van der Waals surface area contributed by atoms with E-state index in [0.717, 1.165) is 11.1 Å². The van der Waals surface area contributed by atoms with E-state index in [1.54, 1.807) is 36.7 Å². The smallest absolute Gasteiger partial charge is 0.255 e. The van der Waals surface area contributed by atoms with Crippen molar-refractivity contribution >= 4 is 11.6 Å². The van der Waals surface area contributed by atoms with Gasteiger partial charge in [-0.25, -0.2) is 8.78 Å². The van der Waals surface area contributed by atoms with Crippen LogP contribution in [0.4, 0.5) is 14.5 Å². The molecule has 1 N–H and O–H groups in total. The third-order valence-electron chi connectivity index (χ3n) is 4.88. The predicted molar refractivity (Wildman–Crippen MR) is 105 cm³/mol. The minimum Gasteiger partial charge on any atom is -0.467 e. The Kier molecular flexibility index (Phi) is 4.89. The van der Waals surface area contributed by atoms with Crippen molar-refractivity contribution in [2.45, 2.75) is 32.1 Å². The molecule has 3 aromatic rings. The quantitative estimate of drug-likeness (QED) is 0.640. The van der Waals surface area contributed by atoms with Gasteiger partial charge in [-0.15, -0.1) is 0 Å². The molecule has 0 spiro atoms. The molecule has 6 heteroatoms. The molecular formula is C23H18F2N2O2. The Labute approximate surface area is 167 Å². The van der Waals surface area contributed by atoms with Gasteiger partial charge in [0.05, 0.1) is 5.69 Å². The Morgan fingerprint density at radius 2 is 2.14 bits per heavy atom. The van der Waals surface area contributed by atoms with Crippen molar-refractivity contribution in [1.29, 1.82) is 0 Å². The van der Waals surface area contributed by atoms with Crippen molar-refractivity contribution in [2.24, 2.45) is 0 Å². The summed E-state index contributed by atoms with van der Waals surface area (Å²) in [7, 11) is 0. The number of nitrogens with one attached hydrogen (secondary N) is 1. The number of carbonyl (C=O) groups excluding carboxylic acids is 1. The third-order valence-corrected chi connectivity index (χ3v) is 4.88. The van der Waals surface area contributed by atoms with Gasteiger partial charge in [-0.3, -0.25) is 9.78 Å². The minimum absolute atomic E-state index is 0.164. The molecule has 0 aliphatic heterocycles. The average molecular weight is 392 g/mol. The Morgan fingerprint density at radius 3 is 2.93 bits per heavy atom. The first-order valence-electron chi connectivity index (χ1n) is 9.22. The number of aryl methyl sites for hydroxylation is 2. The van der Waals surface area contributed by atoms with Gasteiger partial charge in [-0.1, -0.05) is 17.9 Å². The summed E-state index contributed by atoms with van der Waals surface area (Å²) in [6.45, 7) is 1.91. The second-order valence-corrected chi connectivity index (χ2v) is 7.06. The van der Waals surface area contributed by atoms with Crippen LogP contribution < -0.4 is 5.32 Å². The summed E-state index contributed by atoms with van der Waals surface area (Å²) in [5.74, 6) is 3.41. The van der Waals surface area contributed by atoms with Crippen LogP contribution in [0.5, 0.6) is 0 Å². The number of aromatic nitrogens is 1. The van der Waals surface area contributed by atoms with Crippen LogP contribution in [-0.4, -0.2) is 16.8 Å². The van der Waals surface area contributed by atoms with E-state index in [1.807, 2.05) is 13.0 Å². The highest BCUT2D eigenvalue weighted by Gasteiger charge is 2.37. The third kappa shape index (κ3) is 4.19. The summed E-state index contributed by atoms with van der Waals surface area (Å²) in [6.07, 6.45) is 4.17. The Balaban J connectivity index is 1.56. The van der Waals surface area contributed by atoms with Crippen LogP contribution in [0.2, 0.25) is 0 Å². The molecule has 1 aromatic carbocycles. The lowest BCUT2D eigenvalue weighted by molar-refractivity contribution is -0.0142. The summed E-state index contributed by atoms with van der Waals surface area (Å²) < 4.78 is 32.9. The SMILES string of the molecule is Cc1ccc(C(=O)Nc2coc3c2CC(F)(F)CC3)cc1C#Cc1cccnc1. The Hall–Kier alpha value is -3.46. The molecule has 0 saturated heterocycles. The molecule has 0 bridgehead atoms. The number of nitrogens with zero attached hydrogens (tertiary/aromatic N) is 1. The maximum Gasteiger partial charge on any atom is 0.255 e. The molecule has 4 nitrogen and oxygen atoms in total. The van der Waals surface area contributed by atoms with Crippen molar-refractivity contribution in [3.63, 3.8) is 0 Å². The lowest BCUT2D eigenvalue weighted by atomic mass is 9.94. The van der Waals surface area contributed by atoms with Gasteiger partial charge in [0.15, 0.2) is 0 Å². The monoisotopic (exact) mass is 392 g/mol. The molecule has 0 fully saturated rings. The minimum atomic E-state index is -2.78. The number of pyridine rings is 1. The number of carbonyl (C=O) groups is 1. The second-order valence-electron chi connectivity index (χ2n) is 7.06. The number of rotatable bonds is 2.